The molecule has 146 valence electrons. The zero-order valence-electron chi connectivity index (χ0n) is 16.7. The summed E-state index contributed by atoms with van der Waals surface area (Å²) in [4.78, 5) is 13.8. The van der Waals surface area contributed by atoms with E-state index in [4.69, 9.17) is 0 Å². The third-order valence-electron chi connectivity index (χ3n) is 4.89. The second kappa shape index (κ2) is 7.40. The number of nitrogens with zero attached hydrogens (tertiary/aromatic N) is 5. The molecule has 0 aliphatic rings. The van der Waals surface area contributed by atoms with Crippen molar-refractivity contribution in [3.05, 3.63) is 90.5 Å². The van der Waals surface area contributed by atoms with Gasteiger partial charge >= 0.3 is 0 Å². The van der Waals surface area contributed by atoms with Crippen LogP contribution in [0.1, 0.15) is 11.5 Å². The lowest BCUT2D eigenvalue weighted by Gasteiger charge is -2.09. The molecule has 5 aromatic rings. The second-order valence-electron chi connectivity index (χ2n) is 7.10. The van der Waals surface area contributed by atoms with Crippen LogP contribution in [-0.4, -0.2) is 24.7 Å². The van der Waals surface area contributed by atoms with Crippen LogP contribution < -0.4 is 5.32 Å². The Morgan fingerprint density at radius 3 is 2.33 bits per heavy atom. The topological polar surface area (TPSA) is 68.5 Å². The van der Waals surface area contributed by atoms with Gasteiger partial charge in [-0.15, -0.1) is 0 Å². The first-order chi connectivity index (χ1) is 14.7. The fraction of sp³-hybridized carbons (Fsp3) is 0.0833. The largest absolute Gasteiger partial charge is 0.339 e. The molecule has 0 spiro atoms. The van der Waals surface area contributed by atoms with E-state index in [-0.39, 0.29) is 0 Å². The van der Waals surface area contributed by atoms with Crippen LogP contribution in [0.5, 0.6) is 0 Å². The number of hydrogen-bond donors (Lipinski definition) is 1. The third kappa shape index (κ3) is 3.39. The summed E-state index contributed by atoms with van der Waals surface area (Å²) in [5.41, 5.74) is 5.53. The molecule has 0 atom stereocenters. The van der Waals surface area contributed by atoms with Gasteiger partial charge in [-0.3, -0.25) is 0 Å². The summed E-state index contributed by atoms with van der Waals surface area (Å²) in [6, 6.07) is 24.1. The van der Waals surface area contributed by atoms with Crippen LogP contribution in [-0.2, 0) is 0 Å². The summed E-state index contributed by atoms with van der Waals surface area (Å²) in [5, 5.41) is 9.05. The Kier molecular flexibility index (Phi) is 4.44. The van der Waals surface area contributed by atoms with E-state index in [0.717, 1.165) is 45.2 Å². The lowest BCUT2D eigenvalue weighted by Crippen LogP contribution is -2.00. The van der Waals surface area contributed by atoms with E-state index in [1.807, 2.05) is 91.5 Å². The van der Waals surface area contributed by atoms with Gasteiger partial charge in [0.25, 0.3) is 0 Å². The molecule has 6 heteroatoms. The molecule has 0 aliphatic heterocycles. The zero-order chi connectivity index (χ0) is 20.5. The van der Waals surface area contributed by atoms with Gasteiger partial charge in [-0.25, -0.2) is 19.6 Å². The van der Waals surface area contributed by atoms with E-state index in [2.05, 4.69) is 31.4 Å². The number of aryl methyl sites for hydroxylation is 2. The first-order valence-electron chi connectivity index (χ1n) is 9.76. The van der Waals surface area contributed by atoms with Gasteiger partial charge in [0, 0.05) is 17.0 Å². The van der Waals surface area contributed by atoms with Crippen molar-refractivity contribution in [1.82, 2.24) is 24.7 Å². The predicted molar refractivity (Wildman–Crippen MR) is 119 cm³/mol. The Labute approximate surface area is 174 Å². The standard InChI is InChI=1S/C24H20N6/c1-16-21-13-19(15-25-24(21)30(29-16)20-11-7-4-8-12-20)28-23-14-22(26-17(2)27-23)18-9-5-3-6-10-18/h3-15H,1-2H3,(H,26,27,28). The molecule has 6 nitrogen and oxygen atoms in total. The van der Waals surface area contributed by atoms with Crippen LogP contribution in [0.25, 0.3) is 28.0 Å². The number of nitrogens with one attached hydrogen (secondary N) is 1. The van der Waals surface area contributed by atoms with Crippen LogP contribution in [0, 0.1) is 13.8 Å². The van der Waals surface area contributed by atoms with Gasteiger partial charge in [0.15, 0.2) is 5.65 Å². The minimum atomic E-state index is 0.709. The molecule has 0 radical (unpaired) electrons. The highest BCUT2D eigenvalue weighted by Gasteiger charge is 2.12. The van der Waals surface area contributed by atoms with E-state index < -0.39 is 0 Å². The van der Waals surface area contributed by atoms with Gasteiger partial charge in [0.05, 0.1) is 29.0 Å². The first-order valence-corrected chi connectivity index (χ1v) is 9.76. The monoisotopic (exact) mass is 392 g/mol. The van der Waals surface area contributed by atoms with Crippen molar-refractivity contribution < 1.29 is 0 Å². The molecule has 3 aromatic heterocycles. The molecule has 1 N–H and O–H groups in total. The van der Waals surface area contributed by atoms with Crippen molar-refractivity contribution in [3.63, 3.8) is 0 Å². The summed E-state index contributed by atoms with van der Waals surface area (Å²) >= 11 is 0. The molecule has 3 heterocycles. The van der Waals surface area contributed by atoms with Crippen molar-refractivity contribution in [1.29, 1.82) is 0 Å². The van der Waals surface area contributed by atoms with Gasteiger partial charge in [0.2, 0.25) is 0 Å². The Morgan fingerprint density at radius 1 is 0.833 bits per heavy atom. The van der Waals surface area contributed by atoms with E-state index in [1.54, 1.807) is 0 Å². The summed E-state index contributed by atoms with van der Waals surface area (Å²) in [7, 11) is 0. The molecule has 0 fully saturated rings. The smallest absolute Gasteiger partial charge is 0.163 e. The molecule has 0 amide bonds. The number of benzene rings is 2. The van der Waals surface area contributed by atoms with Gasteiger partial charge in [-0.2, -0.15) is 5.10 Å². The lowest BCUT2D eigenvalue weighted by molar-refractivity contribution is 0.878. The number of hydrogen-bond acceptors (Lipinski definition) is 5. The molecule has 0 unspecified atom stereocenters. The van der Waals surface area contributed by atoms with Crippen LogP contribution in [0.4, 0.5) is 11.5 Å². The number of rotatable bonds is 4. The highest BCUT2D eigenvalue weighted by atomic mass is 15.3. The minimum absolute atomic E-state index is 0.709. The van der Waals surface area contributed by atoms with Crippen LogP contribution in [0.2, 0.25) is 0 Å². The summed E-state index contributed by atoms with van der Waals surface area (Å²) in [5.74, 6) is 1.44. The van der Waals surface area contributed by atoms with Crippen molar-refractivity contribution in [3.8, 4) is 16.9 Å². The minimum Gasteiger partial charge on any atom is -0.339 e. The Hall–Kier alpha value is -4.06. The van der Waals surface area contributed by atoms with Crippen molar-refractivity contribution in [2.24, 2.45) is 0 Å². The molecular formula is C24H20N6. The molecule has 0 bridgehead atoms. The molecular weight excluding hydrogens is 372 g/mol. The van der Waals surface area contributed by atoms with E-state index in [1.165, 1.54) is 0 Å². The van der Waals surface area contributed by atoms with Gasteiger partial charge in [-0.1, -0.05) is 48.5 Å². The number of anilines is 2. The third-order valence-corrected chi connectivity index (χ3v) is 4.89. The Balaban J connectivity index is 1.51. The van der Waals surface area contributed by atoms with Gasteiger partial charge in [0.1, 0.15) is 11.6 Å². The maximum absolute atomic E-state index is 4.68. The van der Waals surface area contributed by atoms with E-state index in [9.17, 15) is 0 Å². The van der Waals surface area contributed by atoms with E-state index >= 15 is 0 Å². The highest BCUT2D eigenvalue weighted by molar-refractivity contribution is 5.83. The summed E-state index contributed by atoms with van der Waals surface area (Å²) in [6.45, 7) is 3.89. The summed E-state index contributed by atoms with van der Waals surface area (Å²) < 4.78 is 1.87. The quantitative estimate of drug-likeness (QED) is 0.453. The zero-order valence-corrected chi connectivity index (χ0v) is 16.7. The molecule has 2 aromatic carbocycles. The summed E-state index contributed by atoms with van der Waals surface area (Å²) in [6.07, 6.45) is 1.81. The maximum Gasteiger partial charge on any atom is 0.163 e. The Bertz CT molecular complexity index is 1330. The number of pyridine rings is 1. The SMILES string of the molecule is Cc1nc(Nc2cnc3c(c2)c(C)nn3-c2ccccc2)cc(-c2ccccc2)n1. The van der Waals surface area contributed by atoms with Gasteiger partial charge in [-0.05, 0) is 32.0 Å². The van der Waals surface area contributed by atoms with Crippen molar-refractivity contribution in [2.45, 2.75) is 13.8 Å². The van der Waals surface area contributed by atoms with Crippen LogP contribution in [0.3, 0.4) is 0 Å². The average molecular weight is 392 g/mol. The predicted octanol–water partition coefficient (Wildman–Crippen LogP) is 5.24. The van der Waals surface area contributed by atoms with Gasteiger partial charge < -0.3 is 5.32 Å². The van der Waals surface area contributed by atoms with Crippen LogP contribution in [0.15, 0.2) is 79.0 Å². The highest BCUT2D eigenvalue weighted by Crippen LogP contribution is 2.26. The maximum atomic E-state index is 4.68. The fourth-order valence-electron chi connectivity index (χ4n) is 3.50. The molecule has 30 heavy (non-hydrogen) atoms. The number of para-hydroxylation sites is 1. The van der Waals surface area contributed by atoms with E-state index in [0.29, 0.717) is 5.82 Å². The molecule has 5 rings (SSSR count). The first kappa shape index (κ1) is 18.0. The normalized spacial score (nSPS) is 11.0. The lowest BCUT2D eigenvalue weighted by atomic mass is 10.1. The Morgan fingerprint density at radius 2 is 1.57 bits per heavy atom. The van der Waals surface area contributed by atoms with Crippen molar-refractivity contribution >= 4 is 22.5 Å². The van der Waals surface area contributed by atoms with Crippen molar-refractivity contribution in [2.75, 3.05) is 5.32 Å². The molecule has 0 aliphatic carbocycles. The average Bonchev–Trinajstić information content (AvgIpc) is 3.11. The number of fused-ring (bicyclic) bond motifs is 1. The fourth-order valence-corrected chi connectivity index (χ4v) is 3.50. The molecule has 0 saturated carbocycles. The molecule has 0 saturated heterocycles. The second-order valence-corrected chi connectivity index (χ2v) is 7.10. The van der Waals surface area contributed by atoms with Crippen LogP contribution >= 0.6 is 0 Å². The number of aromatic nitrogens is 5.